The quantitative estimate of drug-likeness (QED) is 0.162. The van der Waals surface area contributed by atoms with Crippen molar-refractivity contribution in [3.8, 4) is 45.9 Å². The minimum absolute atomic E-state index is 0.490. The molecule has 0 aliphatic rings. The number of nitrogens with zero attached hydrogens (tertiary/aromatic N) is 6. The molecule has 0 unspecified atom stereocenters. The largest absolute Gasteiger partial charge is 0.435 e. The molecule has 7 nitrogen and oxygen atoms in total. The van der Waals surface area contributed by atoms with Crippen LogP contribution in [-0.4, -0.2) is 29.1 Å². The summed E-state index contributed by atoms with van der Waals surface area (Å²) >= 11 is 0. The van der Waals surface area contributed by atoms with Crippen LogP contribution in [0.3, 0.4) is 0 Å². The van der Waals surface area contributed by atoms with Crippen molar-refractivity contribution >= 4 is 87.0 Å². The predicted octanol–water partition coefficient (Wildman–Crippen LogP) is 14.1. The molecule has 7 heteroatoms. The number of aromatic nitrogens is 6. The Hall–Kier alpha value is -8.68. The van der Waals surface area contributed by atoms with Gasteiger partial charge in [-0.25, -0.2) is 9.97 Å². The van der Waals surface area contributed by atoms with Gasteiger partial charge in [0.05, 0.1) is 27.6 Å². The third-order valence-corrected chi connectivity index (χ3v) is 12.8. The molecular weight excluding hydrogens is 773 g/mol. The van der Waals surface area contributed by atoms with Gasteiger partial charge in [0.15, 0.2) is 17.2 Å². The van der Waals surface area contributed by atoms with Gasteiger partial charge in [-0.2, -0.15) is 9.97 Å². The van der Waals surface area contributed by atoms with Gasteiger partial charge >= 0.3 is 0 Å². The summed E-state index contributed by atoms with van der Waals surface area (Å²) in [6.45, 7) is 0. The van der Waals surface area contributed by atoms with Crippen molar-refractivity contribution in [2.45, 2.75) is 0 Å². The van der Waals surface area contributed by atoms with E-state index in [9.17, 15) is 0 Å². The van der Waals surface area contributed by atoms with Gasteiger partial charge in [-0.1, -0.05) is 140 Å². The molecule has 4 aromatic heterocycles. The van der Waals surface area contributed by atoms with E-state index in [-0.39, 0.29) is 0 Å². The summed E-state index contributed by atoms with van der Waals surface area (Å²) < 4.78 is 11.3. The number of hydrogen-bond acceptors (Lipinski definition) is 5. The molecule has 14 aromatic rings. The minimum atomic E-state index is 0.490. The Morgan fingerprint density at radius 1 is 0.365 bits per heavy atom. The lowest BCUT2D eigenvalue weighted by Crippen LogP contribution is -2.07. The lowest BCUT2D eigenvalue weighted by Gasteiger charge is -2.15. The fraction of sp³-hybridized carbons (Fsp3) is 0. The van der Waals surface area contributed by atoms with Crippen molar-refractivity contribution in [1.29, 1.82) is 0 Å². The van der Waals surface area contributed by atoms with Crippen LogP contribution in [0.25, 0.3) is 133 Å². The summed E-state index contributed by atoms with van der Waals surface area (Å²) in [5.41, 5.74) is 9.17. The molecule has 0 bridgehead atoms. The highest BCUT2D eigenvalue weighted by atomic mass is 16.3. The van der Waals surface area contributed by atoms with E-state index in [1.807, 2.05) is 48.5 Å². The van der Waals surface area contributed by atoms with E-state index in [0.717, 1.165) is 71.5 Å². The van der Waals surface area contributed by atoms with E-state index >= 15 is 0 Å². The fourth-order valence-electron chi connectivity index (χ4n) is 10.0. The molecule has 0 aliphatic carbocycles. The first-order chi connectivity index (χ1) is 31.2. The molecule has 292 valence electrons. The van der Waals surface area contributed by atoms with Crippen molar-refractivity contribution in [2.75, 3.05) is 0 Å². The third kappa shape index (κ3) is 4.90. The molecule has 0 aliphatic heterocycles. The Bertz CT molecular complexity index is 4130. The average molecular weight is 805 g/mol. The normalized spacial score (nSPS) is 12.1. The second-order valence-corrected chi connectivity index (χ2v) is 16.2. The van der Waals surface area contributed by atoms with Gasteiger partial charge < -0.3 is 8.98 Å². The minimum Gasteiger partial charge on any atom is -0.435 e. The van der Waals surface area contributed by atoms with Crippen LogP contribution in [-0.2, 0) is 0 Å². The Morgan fingerprint density at radius 3 is 1.68 bits per heavy atom. The fourth-order valence-corrected chi connectivity index (χ4v) is 10.0. The van der Waals surface area contributed by atoms with Crippen LogP contribution in [0.2, 0.25) is 0 Å². The van der Waals surface area contributed by atoms with Gasteiger partial charge in [0.1, 0.15) is 5.52 Å². The number of oxazole rings is 1. The first kappa shape index (κ1) is 34.1. The Kier molecular flexibility index (Phi) is 6.98. The van der Waals surface area contributed by atoms with E-state index in [0.29, 0.717) is 29.1 Å². The molecule has 0 spiro atoms. The van der Waals surface area contributed by atoms with E-state index in [1.54, 1.807) is 0 Å². The van der Waals surface area contributed by atoms with E-state index in [2.05, 4.69) is 155 Å². The van der Waals surface area contributed by atoms with Crippen molar-refractivity contribution in [3.05, 3.63) is 194 Å². The molecule has 0 saturated carbocycles. The van der Waals surface area contributed by atoms with Crippen LogP contribution in [0.5, 0.6) is 0 Å². The molecule has 0 amide bonds. The van der Waals surface area contributed by atoms with E-state index in [1.165, 1.54) is 32.3 Å². The molecule has 4 heterocycles. The second-order valence-electron chi connectivity index (χ2n) is 16.2. The first-order valence-electron chi connectivity index (χ1n) is 21.1. The van der Waals surface area contributed by atoms with Crippen LogP contribution in [0, 0.1) is 0 Å². The van der Waals surface area contributed by atoms with Crippen LogP contribution >= 0.6 is 0 Å². The molecule has 0 radical (unpaired) electrons. The van der Waals surface area contributed by atoms with Gasteiger partial charge in [0.2, 0.25) is 11.8 Å². The van der Waals surface area contributed by atoms with E-state index in [4.69, 9.17) is 24.4 Å². The number of benzene rings is 10. The maximum atomic E-state index is 6.64. The average Bonchev–Trinajstić information content (AvgIpc) is 4.04. The van der Waals surface area contributed by atoms with Crippen molar-refractivity contribution < 1.29 is 4.42 Å². The monoisotopic (exact) mass is 804 g/mol. The number of fused-ring (bicyclic) bond motifs is 8. The summed E-state index contributed by atoms with van der Waals surface area (Å²) in [6, 6.07) is 68.0. The smallest absolute Gasteiger partial charge is 0.238 e. The zero-order valence-electron chi connectivity index (χ0n) is 33.6. The molecule has 14 rings (SSSR count). The zero-order chi connectivity index (χ0) is 41.2. The summed E-state index contributed by atoms with van der Waals surface area (Å²) in [7, 11) is 0. The predicted molar refractivity (Wildman–Crippen MR) is 256 cm³/mol. The second kappa shape index (κ2) is 12.9. The molecule has 0 fully saturated rings. The lowest BCUT2D eigenvalue weighted by molar-refractivity contribution is 0.620. The third-order valence-electron chi connectivity index (χ3n) is 12.8. The maximum Gasteiger partial charge on any atom is 0.238 e. The van der Waals surface area contributed by atoms with Crippen LogP contribution in [0.4, 0.5) is 0 Å². The topological polar surface area (TPSA) is 74.6 Å². The molecule has 0 saturated heterocycles. The molecule has 0 N–H and O–H groups in total. The van der Waals surface area contributed by atoms with Crippen LogP contribution in [0.1, 0.15) is 0 Å². The summed E-state index contributed by atoms with van der Waals surface area (Å²) in [5.74, 6) is 2.10. The highest BCUT2D eigenvalue weighted by Crippen LogP contribution is 2.43. The molecule has 10 aromatic carbocycles. The van der Waals surface area contributed by atoms with Crippen LogP contribution in [0.15, 0.2) is 199 Å². The standard InChI is InChI=1S/C56H32N6O/c1-3-13-36(14-4-1)55-57-45-22-12-21-44(52(45)63-55)54-58-53(43-30-28-35-26-25-33-15-11-16-34-27-29-40(43)49(35)48(33)34)59-56(60-54)62-47-24-10-8-20-39(47)42-32-31-41-38-19-7-9-23-46(38)61(50(41)51(42)62)37-17-5-2-6-18-37/h1-32H. The SMILES string of the molecule is c1ccc(-c2nc3cccc(-c4nc(-c5ccc6ccc7cccc8ccc5c6c78)nc(-n5c6ccccc6c6ccc7c8ccccc8n(-c8ccccc8)c7c65)n4)c3o2)cc1. The lowest BCUT2D eigenvalue weighted by atomic mass is 9.92. The summed E-state index contributed by atoms with van der Waals surface area (Å²) in [4.78, 5) is 21.3. The summed E-state index contributed by atoms with van der Waals surface area (Å²) in [5, 5.41) is 11.6. The van der Waals surface area contributed by atoms with Gasteiger partial charge in [0.25, 0.3) is 0 Å². The van der Waals surface area contributed by atoms with Crippen molar-refractivity contribution in [1.82, 2.24) is 29.1 Å². The van der Waals surface area contributed by atoms with Crippen molar-refractivity contribution in [2.24, 2.45) is 0 Å². The highest BCUT2D eigenvalue weighted by molar-refractivity contribution is 6.26. The van der Waals surface area contributed by atoms with Gasteiger partial charge in [0, 0.05) is 38.4 Å². The number of hydrogen-bond donors (Lipinski definition) is 0. The Labute approximate surface area is 359 Å². The highest BCUT2D eigenvalue weighted by Gasteiger charge is 2.25. The Morgan fingerprint density at radius 2 is 0.937 bits per heavy atom. The number of para-hydroxylation sites is 4. The van der Waals surface area contributed by atoms with Crippen molar-refractivity contribution in [3.63, 3.8) is 0 Å². The maximum absolute atomic E-state index is 6.64. The zero-order valence-corrected chi connectivity index (χ0v) is 33.6. The number of rotatable bonds is 5. The van der Waals surface area contributed by atoms with Crippen LogP contribution < -0.4 is 0 Å². The molecule has 0 atom stereocenters. The summed E-state index contributed by atoms with van der Waals surface area (Å²) in [6.07, 6.45) is 0. The first-order valence-corrected chi connectivity index (χ1v) is 21.1. The van der Waals surface area contributed by atoms with Gasteiger partial charge in [-0.05, 0) is 86.9 Å². The molecule has 63 heavy (non-hydrogen) atoms. The molecular formula is C56H32N6O. The van der Waals surface area contributed by atoms with E-state index < -0.39 is 0 Å². The van der Waals surface area contributed by atoms with Gasteiger partial charge in [-0.15, -0.1) is 0 Å². The Balaban J connectivity index is 1.13. The van der Waals surface area contributed by atoms with Gasteiger partial charge in [-0.3, -0.25) is 4.57 Å².